The van der Waals surface area contributed by atoms with E-state index in [1.54, 1.807) is 7.11 Å². The van der Waals surface area contributed by atoms with Gasteiger partial charge in [0.2, 0.25) is 0 Å². The Labute approximate surface area is 90.3 Å². The monoisotopic (exact) mass is 210 g/mol. The first-order valence-electron chi connectivity index (χ1n) is 5.08. The van der Waals surface area contributed by atoms with Crippen LogP contribution in [0.3, 0.4) is 0 Å². The SMILES string of the molecule is COc1cc(CCCO)c(C)c(C)c1O. The number of rotatable bonds is 4. The van der Waals surface area contributed by atoms with E-state index in [9.17, 15) is 5.11 Å². The van der Waals surface area contributed by atoms with Gasteiger partial charge in [-0.2, -0.15) is 0 Å². The van der Waals surface area contributed by atoms with Crippen LogP contribution < -0.4 is 4.74 Å². The Morgan fingerprint density at radius 1 is 1.27 bits per heavy atom. The van der Waals surface area contributed by atoms with E-state index in [0.717, 1.165) is 29.5 Å². The minimum absolute atomic E-state index is 0.182. The van der Waals surface area contributed by atoms with Gasteiger partial charge in [0, 0.05) is 6.61 Å². The maximum atomic E-state index is 9.75. The molecule has 0 bridgehead atoms. The standard InChI is InChI=1S/C12H18O3/c1-8-9(2)12(14)11(15-3)7-10(8)5-4-6-13/h7,13-14H,4-6H2,1-3H3. The van der Waals surface area contributed by atoms with Crippen molar-refractivity contribution in [1.29, 1.82) is 0 Å². The van der Waals surface area contributed by atoms with Gasteiger partial charge < -0.3 is 14.9 Å². The van der Waals surface area contributed by atoms with Gasteiger partial charge in [0.1, 0.15) is 0 Å². The lowest BCUT2D eigenvalue weighted by atomic mass is 9.98. The van der Waals surface area contributed by atoms with Crippen molar-refractivity contribution in [3.05, 3.63) is 22.8 Å². The first-order chi connectivity index (χ1) is 7.11. The second-order valence-electron chi connectivity index (χ2n) is 3.66. The molecule has 15 heavy (non-hydrogen) atoms. The van der Waals surface area contributed by atoms with Crippen molar-refractivity contribution in [3.8, 4) is 11.5 Å². The molecule has 84 valence electrons. The van der Waals surface area contributed by atoms with E-state index in [0.29, 0.717) is 5.75 Å². The van der Waals surface area contributed by atoms with Crippen molar-refractivity contribution in [2.45, 2.75) is 26.7 Å². The lowest BCUT2D eigenvalue weighted by Gasteiger charge is -2.13. The lowest BCUT2D eigenvalue weighted by Crippen LogP contribution is -1.97. The highest BCUT2D eigenvalue weighted by Crippen LogP contribution is 2.34. The van der Waals surface area contributed by atoms with Crippen LogP contribution in [0.5, 0.6) is 11.5 Å². The Hall–Kier alpha value is -1.22. The van der Waals surface area contributed by atoms with Gasteiger partial charge in [-0.3, -0.25) is 0 Å². The predicted molar refractivity (Wildman–Crippen MR) is 59.5 cm³/mol. The normalized spacial score (nSPS) is 10.4. The molecule has 0 spiro atoms. The van der Waals surface area contributed by atoms with Crippen LogP contribution in [0.15, 0.2) is 6.07 Å². The molecule has 0 aliphatic carbocycles. The number of methoxy groups -OCH3 is 1. The highest BCUT2D eigenvalue weighted by Gasteiger charge is 2.11. The van der Waals surface area contributed by atoms with E-state index in [1.165, 1.54) is 0 Å². The molecule has 0 radical (unpaired) electrons. The molecule has 1 aromatic rings. The van der Waals surface area contributed by atoms with E-state index >= 15 is 0 Å². The van der Waals surface area contributed by atoms with Gasteiger partial charge in [-0.25, -0.2) is 0 Å². The molecule has 0 aromatic heterocycles. The summed E-state index contributed by atoms with van der Waals surface area (Å²) in [5.74, 6) is 0.716. The van der Waals surface area contributed by atoms with Crippen LogP contribution in [0, 0.1) is 13.8 Å². The summed E-state index contributed by atoms with van der Waals surface area (Å²) in [4.78, 5) is 0. The first kappa shape index (κ1) is 11.9. The number of aliphatic hydroxyl groups is 1. The maximum absolute atomic E-state index is 9.75. The summed E-state index contributed by atoms with van der Waals surface area (Å²) < 4.78 is 5.09. The van der Waals surface area contributed by atoms with Crippen LogP contribution in [0.4, 0.5) is 0 Å². The van der Waals surface area contributed by atoms with Crippen molar-refractivity contribution in [1.82, 2.24) is 0 Å². The molecule has 0 fully saturated rings. The van der Waals surface area contributed by atoms with E-state index in [-0.39, 0.29) is 12.4 Å². The summed E-state index contributed by atoms with van der Waals surface area (Å²) in [5.41, 5.74) is 3.04. The molecule has 3 nitrogen and oxygen atoms in total. The second kappa shape index (κ2) is 5.03. The summed E-state index contributed by atoms with van der Waals surface area (Å²) in [6.07, 6.45) is 1.54. The van der Waals surface area contributed by atoms with E-state index in [1.807, 2.05) is 19.9 Å². The number of aryl methyl sites for hydroxylation is 1. The zero-order chi connectivity index (χ0) is 11.4. The number of hydrogen-bond donors (Lipinski definition) is 2. The van der Waals surface area contributed by atoms with Crippen molar-refractivity contribution < 1.29 is 14.9 Å². The average molecular weight is 210 g/mol. The van der Waals surface area contributed by atoms with Gasteiger partial charge in [0.25, 0.3) is 0 Å². The summed E-state index contributed by atoms with van der Waals surface area (Å²) in [7, 11) is 1.54. The van der Waals surface area contributed by atoms with Crippen molar-refractivity contribution in [2.24, 2.45) is 0 Å². The molecular formula is C12H18O3. The minimum Gasteiger partial charge on any atom is -0.504 e. The van der Waals surface area contributed by atoms with E-state index in [4.69, 9.17) is 9.84 Å². The number of phenols is 1. The number of ether oxygens (including phenoxy) is 1. The molecule has 1 aromatic carbocycles. The van der Waals surface area contributed by atoms with Crippen molar-refractivity contribution in [3.63, 3.8) is 0 Å². The van der Waals surface area contributed by atoms with Gasteiger partial charge in [-0.15, -0.1) is 0 Å². The fraction of sp³-hybridized carbons (Fsp3) is 0.500. The number of phenolic OH excluding ortho intramolecular Hbond substituents is 1. The van der Waals surface area contributed by atoms with Crippen molar-refractivity contribution >= 4 is 0 Å². The Bertz CT molecular complexity index is 345. The van der Waals surface area contributed by atoms with E-state index in [2.05, 4.69) is 0 Å². The summed E-state index contributed by atoms with van der Waals surface area (Å²) >= 11 is 0. The topological polar surface area (TPSA) is 49.7 Å². The molecular weight excluding hydrogens is 192 g/mol. The van der Waals surface area contributed by atoms with E-state index < -0.39 is 0 Å². The van der Waals surface area contributed by atoms with Crippen LogP contribution in [-0.4, -0.2) is 23.9 Å². The molecule has 0 unspecified atom stereocenters. The Morgan fingerprint density at radius 3 is 2.47 bits per heavy atom. The molecule has 0 saturated heterocycles. The van der Waals surface area contributed by atoms with Crippen molar-refractivity contribution in [2.75, 3.05) is 13.7 Å². The Kier molecular flexibility index (Phi) is 3.97. The molecule has 0 amide bonds. The molecule has 1 rings (SSSR count). The molecule has 0 aliphatic heterocycles. The van der Waals surface area contributed by atoms with Crippen LogP contribution >= 0.6 is 0 Å². The third kappa shape index (κ3) is 2.42. The van der Waals surface area contributed by atoms with Gasteiger partial charge in [0.15, 0.2) is 11.5 Å². The quantitative estimate of drug-likeness (QED) is 0.798. The third-order valence-electron chi connectivity index (χ3n) is 2.76. The van der Waals surface area contributed by atoms with Gasteiger partial charge in [-0.1, -0.05) is 0 Å². The summed E-state index contributed by atoms with van der Waals surface area (Å²) in [6, 6.07) is 1.84. The third-order valence-corrected chi connectivity index (χ3v) is 2.76. The summed E-state index contributed by atoms with van der Waals surface area (Å²) in [6.45, 7) is 4.03. The fourth-order valence-corrected chi connectivity index (χ4v) is 1.62. The van der Waals surface area contributed by atoms with Gasteiger partial charge >= 0.3 is 0 Å². The molecule has 3 heteroatoms. The Morgan fingerprint density at radius 2 is 1.93 bits per heavy atom. The minimum atomic E-state index is 0.182. The van der Waals surface area contributed by atoms with Crippen LogP contribution in [0.25, 0.3) is 0 Å². The fourth-order valence-electron chi connectivity index (χ4n) is 1.62. The smallest absolute Gasteiger partial charge is 0.161 e. The zero-order valence-electron chi connectivity index (χ0n) is 9.50. The summed E-state index contributed by atoms with van der Waals surface area (Å²) in [5, 5.41) is 18.5. The number of aliphatic hydroxyl groups excluding tert-OH is 1. The number of benzene rings is 1. The zero-order valence-corrected chi connectivity index (χ0v) is 9.50. The molecule has 0 aliphatic rings. The predicted octanol–water partition coefficient (Wildman–Crippen LogP) is 1.94. The van der Waals surface area contributed by atoms with Gasteiger partial charge in [0.05, 0.1) is 7.11 Å². The van der Waals surface area contributed by atoms with Gasteiger partial charge in [-0.05, 0) is 49.4 Å². The molecule has 0 heterocycles. The highest BCUT2D eigenvalue weighted by molar-refractivity contribution is 5.52. The lowest BCUT2D eigenvalue weighted by molar-refractivity contribution is 0.288. The number of aromatic hydroxyl groups is 1. The number of hydrogen-bond acceptors (Lipinski definition) is 3. The second-order valence-corrected chi connectivity index (χ2v) is 3.66. The maximum Gasteiger partial charge on any atom is 0.161 e. The average Bonchev–Trinajstić information content (AvgIpc) is 2.25. The largest absolute Gasteiger partial charge is 0.504 e. The van der Waals surface area contributed by atoms with Crippen LogP contribution in [0.2, 0.25) is 0 Å². The highest BCUT2D eigenvalue weighted by atomic mass is 16.5. The van der Waals surface area contributed by atoms with Crippen LogP contribution in [0.1, 0.15) is 23.1 Å². The first-order valence-corrected chi connectivity index (χ1v) is 5.08. The molecule has 0 saturated carbocycles. The molecule has 0 atom stereocenters. The molecule has 2 N–H and O–H groups in total. The van der Waals surface area contributed by atoms with Crippen LogP contribution in [-0.2, 0) is 6.42 Å². The Balaban J connectivity index is 3.11.